The fraction of sp³-hybridized carbons (Fsp3) is 0.167. The summed E-state index contributed by atoms with van der Waals surface area (Å²) in [4.78, 5) is 4.63. The number of nitrogens with zero attached hydrogens (tertiary/aromatic N) is 3. The first kappa shape index (κ1) is 18.6. The molecule has 0 spiro atoms. The Hall–Kier alpha value is -2.72. The van der Waals surface area contributed by atoms with Crippen LogP contribution in [0, 0.1) is 0 Å². The summed E-state index contributed by atoms with van der Waals surface area (Å²) >= 11 is 3.55. The smallest absolute Gasteiger partial charge is 0.140 e. The lowest BCUT2D eigenvalue weighted by Crippen LogP contribution is -2.39. The van der Waals surface area contributed by atoms with Gasteiger partial charge in [-0.1, -0.05) is 107 Å². The molecule has 0 aliphatic heterocycles. The van der Waals surface area contributed by atoms with Crippen molar-refractivity contribution in [1.29, 1.82) is 0 Å². The maximum absolute atomic E-state index is 4.76. The third kappa shape index (κ3) is 3.29. The van der Waals surface area contributed by atoms with E-state index in [1.807, 2.05) is 0 Å². The Labute approximate surface area is 174 Å². The molecule has 4 aromatic rings. The Morgan fingerprint density at radius 3 is 1.61 bits per heavy atom. The van der Waals surface area contributed by atoms with Gasteiger partial charge in [-0.05, 0) is 23.1 Å². The Balaban J connectivity index is 2.07. The molecule has 0 bridgehead atoms. The van der Waals surface area contributed by atoms with Gasteiger partial charge in [0.1, 0.15) is 17.7 Å². The zero-order chi connectivity index (χ0) is 19.2. The molecule has 0 fully saturated rings. The van der Waals surface area contributed by atoms with Gasteiger partial charge < -0.3 is 0 Å². The molecule has 1 heterocycles. The third-order valence-electron chi connectivity index (χ3n) is 5.04. The molecule has 0 saturated carbocycles. The lowest BCUT2D eigenvalue weighted by molar-refractivity contribution is 0.438. The minimum atomic E-state index is -0.581. The number of alkyl halides is 1. The van der Waals surface area contributed by atoms with Crippen molar-refractivity contribution in [2.24, 2.45) is 0 Å². The zero-order valence-corrected chi connectivity index (χ0v) is 17.2. The Bertz CT molecular complexity index is 901. The SMILES string of the molecule is BrCCCc1ncnn1C(c1ccccc1)(c1ccccc1)c1ccccc1. The van der Waals surface area contributed by atoms with Crippen molar-refractivity contribution in [3.8, 4) is 0 Å². The van der Waals surface area contributed by atoms with E-state index in [0.717, 1.165) is 40.7 Å². The summed E-state index contributed by atoms with van der Waals surface area (Å²) in [5, 5.41) is 5.70. The summed E-state index contributed by atoms with van der Waals surface area (Å²) in [6, 6.07) is 31.7. The van der Waals surface area contributed by atoms with Crippen LogP contribution in [0.5, 0.6) is 0 Å². The molecule has 0 aliphatic rings. The van der Waals surface area contributed by atoms with Crippen LogP contribution in [0.4, 0.5) is 0 Å². The van der Waals surface area contributed by atoms with Crippen LogP contribution in [0.3, 0.4) is 0 Å². The second-order valence-electron chi connectivity index (χ2n) is 6.69. The molecule has 0 radical (unpaired) electrons. The van der Waals surface area contributed by atoms with Gasteiger partial charge in [0.25, 0.3) is 0 Å². The first-order valence-electron chi connectivity index (χ1n) is 9.49. The summed E-state index contributed by atoms with van der Waals surface area (Å²) in [6.07, 6.45) is 3.54. The summed E-state index contributed by atoms with van der Waals surface area (Å²) in [5.74, 6) is 0.982. The fourth-order valence-electron chi connectivity index (χ4n) is 3.85. The fourth-order valence-corrected chi connectivity index (χ4v) is 4.13. The lowest BCUT2D eigenvalue weighted by Gasteiger charge is -2.37. The van der Waals surface area contributed by atoms with E-state index in [2.05, 4.69) is 117 Å². The van der Waals surface area contributed by atoms with E-state index in [4.69, 9.17) is 5.10 Å². The molecular formula is C24H22BrN3. The minimum absolute atomic E-state index is 0.581. The Morgan fingerprint density at radius 2 is 1.18 bits per heavy atom. The molecule has 0 saturated heterocycles. The second-order valence-corrected chi connectivity index (χ2v) is 7.48. The predicted octanol–water partition coefficient (Wildman–Crippen LogP) is 5.45. The molecule has 0 amide bonds. The van der Waals surface area contributed by atoms with Crippen LogP contribution in [-0.4, -0.2) is 20.1 Å². The normalized spacial score (nSPS) is 11.5. The highest BCUT2D eigenvalue weighted by Gasteiger charge is 2.40. The predicted molar refractivity (Wildman–Crippen MR) is 117 cm³/mol. The van der Waals surface area contributed by atoms with Crippen LogP contribution < -0.4 is 0 Å². The van der Waals surface area contributed by atoms with Gasteiger partial charge in [-0.3, -0.25) is 0 Å². The number of halogens is 1. The molecular weight excluding hydrogens is 410 g/mol. The Kier molecular flexibility index (Phi) is 5.68. The molecule has 1 aromatic heterocycles. The number of rotatable bonds is 7. The average Bonchev–Trinajstić information content (AvgIpc) is 3.24. The first-order valence-corrected chi connectivity index (χ1v) is 10.6. The summed E-state index contributed by atoms with van der Waals surface area (Å²) < 4.78 is 2.11. The second kappa shape index (κ2) is 8.53. The van der Waals surface area contributed by atoms with Gasteiger partial charge >= 0.3 is 0 Å². The van der Waals surface area contributed by atoms with E-state index < -0.39 is 5.54 Å². The third-order valence-corrected chi connectivity index (χ3v) is 5.61. The first-order chi connectivity index (χ1) is 13.9. The largest absolute Gasteiger partial charge is 0.231 e. The van der Waals surface area contributed by atoms with Gasteiger partial charge in [0.05, 0.1) is 0 Å². The molecule has 0 N–H and O–H groups in total. The maximum atomic E-state index is 4.76. The molecule has 140 valence electrons. The van der Waals surface area contributed by atoms with Crippen LogP contribution in [0.2, 0.25) is 0 Å². The van der Waals surface area contributed by atoms with Crippen LogP contribution in [0.1, 0.15) is 28.9 Å². The number of hydrogen-bond donors (Lipinski definition) is 0. The van der Waals surface area contributed by atoms with Crippen LogP contribution in [0.25, 0.3) is 0 Å². The molecule has 0 unspecified atom stereocenters. The van der Waals surface area contributed by atoms with Gasteiger partial charge in [0, 0.05) is 11.8 Å². The van der Waals surface area contributed by atoms with E-state index in [-0.39, 0.29) is 0 Å². The van der Waals surface area contributed by atoms with Crippen molar-refractivity contribution in [2.45, 2.75) is 18.4 Å². The maximum Gasteiger partial charge on any atom is 0.140 e. The topological polar surface area (TPSA) is 30.7 Å². The molecule has 0 aliphatic carbocycles. The van der Waals surface area contributed by atoms with Crippen molar-refractivity contribution in [1.82, 2.24) is 14.8 Å². The lowest BCUT2D eigenvalue weighted by atomic mass is 9.77. The summed E-state index contributed by atoms with van der Waals surface area (Å²) in [6.45, 7) is 0. The van der Waals surface area contributed by atoms with Crippen molar-refractivity contribution in [3.05, 3.63) is 120 Å². The van der Waals surface area contributed by atoms with Gasteiger partial charge in [-0.25, -0.2) is 9.67 Å². The molecule has 4 rings (SSSR count). The molecule has 3 nitrogen and oxygen atoms in total. The van der Waals surface area contributed by atoms with E-state index >= 15 is 0 Å². The minimum Gasteiger partial charge on any atom is -0.231 e. The molecule has 28 heavy (non-hydrogen) atoms. The van der Waals surface area contributed by atoms with Crippen LogP contribution >= 0.6 is 15.9 Å². The molecule has 3 aromatic carbocycles. The standard InChI is InChI=1S/C24H22BrN3/c25-18-10-17-23-26-19-27-28(23)24(20-11-4-1-5-12-20,21-13-6-2-7-14-21)22-15-8-3-9-16-22/h1-9,11-16,19H,10,17-18H2. The van der Waals surface area contributed by atoms with Crippen LogP contribution in [0.15, 0.2) is 97.3 Å². The molecule has 0 atom stereocenters. The average molecular weight is 432 g/mol. The van der Waals surface area contributed by atoms with Gasteiger partial charge in [-0.15, -0.1) is 0 Å². The highest BCUT2D eigenvalue weighted by Crippen LogP contribution is 2.40. The van der Waals surface area contributed by atoms with E-state index in [0.29, 0.717) is 0 Å². The quantitative estimate of drug-likeness (QED) is 0.287. The van der Waals surface area contributed by atoms with Gasteiger partial charge in [0.15, 0.2) is 0 Å². The highest BCUT2D eigenvalue weighted by atomic mass is 79.9. The number of aryl methyl sites for hydroxylation is 1. The monoisotopic (exact) mass is 431 g/mol. The van der Waals surface area contributed by atoms with E-state index in [1.54, 1.807) is 6.33 Å². The summed E-state index contributed by atoms with van der Waals surface area (Å²) in [7, 11) is 0. The van der Waals surface area contributed by atoms with Gasteiger partial charge in [0.2, 0.25) is 0 Å². The number of hydrogen-bond acceptors (Lipinski definition) is 2. The van der Waals surface area contributed by atoms with Crippen molar-refractivity contribution in [2.75, 3.05) is 5.33 Å². The zero-order valence-electron chi connectivity index (χ0n) is 15.6. The molecule has 4 heteroatoms. The highest BCUT2D eigenvalue weighted by molar-refractivity contribution is 9.09. The van der Waals surface area contributed by atoms with Crippen molar-refractivity contribution >= 4 is 15.9 Å². The number of aromatic nitrogens is 3. The van der Waals surface area contributed by atoms with E-state index in [1.165, 1.54) is 0 Å². The number of benzene rings is 3. The summed E-state index contributed by atoms with van der Waals surface area (Å²) in [5.41, 5.74) is 2.91. The van der Waals surface area contributed by atoms with Crippen molar-refractivity contribution < 1.29 is 0 Å². The Morgan fingerprint density at radius 1 is 0.714 bits per heavy atom. The van der Waals surface area contributed by atoms with Crippen LogP contribution in [-0.2, 0) is 12.0 Å². The van der Waals surface area contributed by atoms with Crippen molar-refractivity contribution in [3.63, 3.8) is 0 Å². The van der Waals surface area contributed by atoms with Gasteiger partial charge in [-0.2, -0.15) is 5.10 Å². The van der Waals surface area contributed by atoms with E-state index in [9.17, 15) is 0 Å².